The van der Waals surface area contributed by atoms with Crippen LogP contribution in [-0.4, -0.2) is 24.5 Å². The molecule has 2 N–H and O–H groups in total. The molecule has 5 heteroatoms. The van der Waals surface area contributed by atoms with Gasteiger partial charge in [0.05, 0.1) is 7.11 Å². The van der Waals surface area contributed by atoms with E-state index in [9.17, 15) is 4.79 Å². The molecule has 0 aliphatic heterocycles. The second-order valence-corrected chi connectivity index (χ2v) is 8.43. The van der Waals surface area contributed by atoms with E-state index in [1.165, 1.54) is 10.9 Å². The summed E-state index contributed by atoms with van der Waals surface area (Å²) in [5, 5.41) is 6.36. The number of para-hydroxylation sites is 1. The minimum absolute atomic E-state index is 0.0548. The van der Waals surface area contributed by atoms with Gasteiger partial charge in [-0.15, -0.1) is 11.3 Å². The number of carbonyl (C=O) groups excluding carboxylic acids is 1. The fourth-order valence-electron chi connectivity index (χ4n) is 4.01. The van der Waals surface area contributed by atoms with Gasteiger partial charge in [-0.1, -0.05) is 24.3 Å². The number of aromatic amines is 1. The summed E-state index contributed by atoms with van der Waals surface area (Å²) in [5.74, 6) is 0.728. The van der Waals surface area contributed by atoms with Crippen molar-refractivity contribution in [1.82, 2.24) is 10.3 Å². The average Bonchev–Trinajstić information content (AvgIpc) is 3.53. The van der Waals surface area contributed by atoms with Gasteiger partial charge in [0.25, 0.3) is 5.91 Å². The number of rotatable bonds is 6. The van der Waals surface area contributed by atoms with Crippen LogP contribution in [0.4, 0.5) is 0 Å². The van der Waals surface area contributed by atoms with Crippen molar-refractivity contribution in [3.8, 4) is 5.75 Å². The van der Waals surface area contributed by atoms with E-state index in [2.05, 4.69) is 40.0 Å². The van der Waals surface area contributed by atoms with E-state index in [1.807, 2.05) is 48.7 Å². The van der Waals surface area contributed by atoms with E-state index in [0.717, 1.165) is 39.3 Å². The Morgan fingerprint density at radius 2 is 2.03 bits per heavy atom. The molecule has 0 spiro atoms. The molecule has 0 saturated heterocycles. The lowest BCUT2D eigenvalue weighted by Gasteiger charge is -2.09. The summed E-state index contributed by atoms with van der Waals surface area (Å²) in [4.78, 5) is 17.5. The van der Waals surface area contributed by atoms with Crippen molar-refractivity contribution in [2.45, 2.75) is 6.42 Å². The number of aromatic nitrogens is 1. The minimum atomic E-state index is -0.0548. The minimum Gasteiger partial charge on any atom is -0.497 e. The number of carbonyl (C=O) groups is 1. The highest BCUT2D eigenvalue weighted by Crippen LogP contribution is 2.39. The third kappa shape index (κ3) is 3.80. The van der Waals surface area contributed by atoms with Crippen molar-refractivity contribution in [1.29, 1.82) is 0 Å². The molecule has 154 valence electrons. The van der Waals surface area contributed by atoms with Gasteiger partial charge in [-0.25, -0.2) is 0 Å². The predicted octanol–water partition coefficient (Wildman–Crippen LogP) is 5.53. The number of benzene rings is 2. The highest BCUT2D eigenvalue weighted by molar-refractivity contribution is 7.10. The van der Waals surface area contributed by atoms with Crippen molar-refractivity contribution in [3.05, 3.63) is 93.8 Å². The zero-order valence-electron chi connectivity index (χ0n) is 17.1. The van der Waals surface area contributed by atoms with E-state index in [0.29, 0.717) is 12.1 Å². The second kappa shape index (κ2) is 8.28. The third-order valence-electron chi connectivity index (χ3n) is 5.57. The molecule has 2 heterocycles. The third-order valence-corrected chi connectivity index (χ3v) is 6.39. The van der Waals surface area contributed by atoms with Gasteiger partial charge in [0.1, 0.15) is 5.75 Å². The molecule has 0 bridgehead atoms. The quantitative estimate of drug-likeness (QED) is 0.426. The number of methoxy groups -OCH3 is 1. The van der Waals surface area contributed by atoms with Gasteiger partial charge < -0.3 is 15.0 Å². The van der Waals surface area contributed by atoms with Crippen LogP contribution in [0.3, 0.4) is 0 Å². The predicted molar refractivity (Wildman–Crippen MR) is 128 cm³/mol. The fraction of sp³-hybridized carbons (Fsp3) is 0.115. The summed E-state index contributed by atoms with van der Waals surface area (Å²) in [6, 6.07) is 18.2. The molecule has 1 amide bonds. The number of allylic oxidation sites excluding steroid dienone is 2. The summed E-state index contributed by atoms with van der Waals surface area (Å²) >= 11 is 1.68. The molecule has 0 atom stereocenters. The molecule has 5 rings (SSSR count). The SMILES string of the molecule is COc1ccc2c(c1)/C(=C/c1cccs1)C=C2C(=O)NCCc1c[nH]c2ccccc12. The van der Waals surface area contributed by atoms with Gasteiger partial charge in [-0.3, -0.25) is 4.79 Å². The van der Waals surface area contributed by atoms with Gasteiger partial charge in [0.15, 0.2) is 0 Å². The Balaban J connectivity index is 1.36. The maximum absolute atomic E-state index is 13.1. The molecule has 0 unspecified atom stereocenters. The molecule has 0 fully saturated rings. The first-order valence-corrected chi connectivity index (χ1v) is 11.1. The number of thiophene rings is 1. The zero-order chi connectivity index (χ0) is 21.2. The highest BCUT2D eigenvalue weighted by atomic mass is 32.1. The van der Waals surface area contributed by atoms with E-state index in [-0.39, 0.29) is 5.91 Å². The maximum Gasteiger partial charge on any atom is 0.251 e. The number of fused-ring (bicyclic) bond motifs is 2. The molecule has 0 radical (unpaired) electrons. The molecule has 0 saturated carbocycles. The average molecular weight is 427 g/mol. The van der Waals surface area contributed by atoms with E-state index < -0.39 is 0 Å². The van der Waals surface area contributed by atoms with Gasteiger partial charge in [-0.05, 0) is 76.5 Å². The van der Waals surface area contributed by atoms with Gasteiger partial charge in [-0.2, -0.15) is 0 Å². The second-order valence-electron chi connectivity index (χ2n) is 7.45. The van der Waals surface area contributed by atoms with Gasteiger partial charge in [0, 0.05) is 34.1 Å². The van der Waals surface area contributed by atoms with Crippen molar-refractivity contribution in [3.63, 3.8) is 0 Å². The highest BCUT2D eigenvalue weighted by Gasteiger charge is 2.24. The molecule has 2 aromatic heterocycles. The Bertz CT molecular complexity index is 1310. The number of amides is 1. The first-order valence-electron chi connectivity index (χ1n) is 10.2. The molecule has 2 aromatic carbocycles. The number of hydrogen-bond donors (Lipinski definition) is 2. The maximum atomic E-state index is 13.1. The molecule has 1 aliphatic carbocycles. The van der Waals surface area contributed by atoms with Crippen molar-refractivity contribution in [2.24, 2.45) is 0 Å². The molecule has 4 nitrogen and oxygen atoms in total. The van der Waals surface area contributed by atoms with E-state index in [4.69, 9.17) is 4.74 Å². The van der Waals surface area contributed by atoms with Crippen LogP contribution in [0, 0.1) is 0 Å². The largest absolute Gasteiger partial charge is 0.497 e. The van der Waals surface area contributed by atoms with E-state index >= 15 is 0 Å². The first kappa shape index (κ1) is 19.4. The van der Waals surface area contributed by atoms with Crippen LogP contribution in [0.25, 0.3) is 28.1 Å². The number of nitrogens with one attached hydrogen (secondary N) is 2. The van der Waals surface area contributed by atoms with Gasteiger partial charge >= 0.3 is 0 Å². The Morgan fingerprint density at radius 1 is 1.13 bits per heavy atom. The van der Waals surface area contributed by atoms with Crippen LogP contribution in [0.15, 0.2) is 72.3 Å². The number of H-pyrrole nitrogens is 1. The smallest absolute Gasteiger partial charge is 0.251 e. The van der Waals surface area contributed by atoms with Crippen LogP contribution >= 0.6 is 11.3 Å². The van der Waals surface area contributed by atoms with Crippen molar-refractivity contribution in [2.75, 3.05) is 13.7 Å². The standard InChI is InChI=1S/C26H22N2O2S/c1-30-19-8-9-22-23(15-19)18(13-20-5-4-12-31-20)14-24(22)26(29)27-11-10-17-16-28-25-7-3-2-6-21(17)25/h2-9,12-16,28H,10-11H2,1H3,(H,27,29)/b18-13+. The summed E-state index contributed by atoms with van der Waals surface area (Å²) in [7, 11) is 1.66. The van der Waals surface area contributed by atoms with Crippen LogP contribution in [0.2, 0.25) is 0 Å². The Labute approximate surface area is 184 Å². The Morgan fingerprint density at radius 3 is 2.87 bits per heavy atom. The van der Waals surface area contributed by atoms with Crippen LogP contribution in [-0.2, 0) is 11.2 Å². The first-order chi connectivity index (χ1) is 15.2. The van der Waals surface area contributed by atoms with Crippen molar-refractivity contribution < 1.29 is 9.53 Å². The Hall–Kier alpha value is -3.57. The lowest BCUT2D eigenvalue weighted by atomic mass is 10.0. The monoisotopic (exact) mass is 426 g/mol. The fourth-order valence-corrected chi connectivity index (χ4v) is 4.68. The molecule has 31 heavy (non-hydrogen) atoms. The van der Waals surface area contributed by atoms with Crippen LogP contribution < -0.4 is 10.1 Å². The lowest BCUT2D eigenvalue weighted by molar-refractivity contribution is -0.115. The van der Waals surface area contributed by atoms with Crippen molar-refractivity contribution >= 4 is 45.4 Å². The molecular formula is C26H22N2O2S. The number of ether oxygens (including phenoxy) is 1. The zero-order valence-corrected chi connectivity index (χ0v) is 18.0. The summed E-state index contributed by atoms with van der Waals surface area (Å²) < 4.78 is 5.41. The molecule has 1 aliphatic rings. The number of hydrogen-bond acceptors (Lipinski definition) is 3. The summed E-state index contributed by atoms with van der Waals surface area (Å²) in [6.45, 7) is 0.577. The van der Waals surface area contributed by atoms with Crippen LogP contribution in [0.5, 0.6) is 5.75 Å². The van der Waals surface area contributed by atoms with Crippen LogP contribution in [0.1, 0.15) is 21.6 Å². The topological polar surface area (TPSA) is 54.1 Å². The normalized spacial score (nSPS) is 14.0. The van der Waals surface area contributed by atoms with E-state index in [1.54, 1.807) is 18.4 Å². The Kier molecular flexibility index (Phi) is 5.18. The summed E-state index contributed by atoms with van der Waals surface area (Å²) in [5.41, 5.74) is 6.01. The molecular weight excluding hydrogens is 404 g/mol. The van der Waals surface area contributed by atoms with Gasteiger partial charge in [0.2, 0.25) is 0 Å². The molecule has 4 aromatic rings. The summed E-state index contributed by atoms with van der Waals surface area (Å²) in [6.07, 6.45) is 6.89. The lowest BCUT2D eigenvalue weighted by Crippen LogP contribution is -2.26.